The molecule has 0 spiro atoms. The molecular formula is C20H23ClO3. The molecule has 3 rings (SSSR count). The first kappa shape index (κ1) is 17.3. The van der Waals surface area contributed by atoms with E-state index >= 15 is 0 Å². The molecule has 2 unspecified atom stereocenters. The maximum absolute atomic E-state index is 9.34. The van der Waals surface area contributed by atoms with Gasteiger partial charge in [0.2, 0.25) is 0 Å². The van der Waals surface area contributed by atoms with E-state index in [1.807, 2.05) is 43.3 Å². The lowest BCUT2D eigenvalue weighted by molar-refractivity contribution is -0.0736. The van der Waals surface area contributed by atoms with E-state index in [1.54, 1.807) is 0 Å². The van der Waals surface area contributed by atoms with Crippen LogP contribution in [0.4, 0.5) is 0 Å². The first-order chi connectivity index (χ1) is 11.7. The summed E-state index contributed by atoms with van der Waals surface area (Å²) in [6, 6.07) is 14.0. The van der Waals surface area contributed by atoms with Crippen LogP contribution in [0.1, 0.15) is 37.9 Å². The van der Waals surface area contributed by atoms with Crippen LogP contribution in [0.15, 0.2) is 42.5 Å². The number of hydrogen-bond acceptors (Lipinski definition) is 3. The SMILES string of the molecule is CCOc1ccc(-c2cc(C3CCCC(CO)O3)ccc2Cl)cc1. The predicted octanol–water partition coefficient (Wildman–Crippen LogP) is 5.01. The number of hydrogen-bond donors (Lipinski definition) is 1. The van der Waals surface area contributed by atoms with Crippen LogP contribution in [0, 0.1) is 0 Å². The lowest BCUT2D eigenvalue weighted by Gasteiger charge is -2.29. The average Bonchev–Trinajstić information content (AvgIpc) is 2.63. The van der Waals surface area contributed by atoms with E-state index in [0.29, 0.717) is 6.61 Å². The molecule has 1 heterocycles. The number of aliphatic hydroxyl groups excluding tert-OH is 1. The largest absolute Gasteiger partial charge is 0.494 e. The zero-order valence-corrected chi connectivity index (χ0v) is 14.6. The smallest absolute Gasteiger partial charge is 0.119 e. The van der Waals surface area contributed by atoms with Crippen molar-refractivity contribution in [2.24, 2.45) is 0 Å². The summed E-state index contributed by atoms with van der Waals surface area (Å²) >= 11 is 6.41. The first-order valence-electron chi connectivity index (χ1n) is 8.50. The van der Waals surface area contributed by atoms with Gasteiger partial charge in [0.05, 0.1) is 25.4 Å². The number of aliphatic hydroxyl groups is 1. The van der Waals surface area contributed by atoms with E-state index in [4.69, 9.17) is 21.1 Å². The molecule has 1 fully saturated rings. The zero-order valence-electron chi connectivity index (χ0n) is 13.9. The van der Waals surface area contributed by atoms with Gasteiger partial charge < -0.3 is 14.6 Å². The molecule has 128 valence electrons. The molecule has 24 heavy (non-hydrogen) atoms. The minimum Gasteiger partial charge on any atom is -0.494 e. The number of rotatable bonds is 5. The Kier molecular flexibility index (Phi) is 5.77. The van der Waals surface area contributed by atoms with Gasteiger partial charge in [-0.1, -0.05) is 29.8 Å². The van der Waals surface area contributed by atoms with Crippen LogP contribution < -0.4 is 4.74 Å². The van der Waals surface area contributed by atoms with Crippen LogP contribution in [-0.2, 0) is 4.74 Å². The van der Waals surface area contributed by atoms with Crippen LogP contribution in [0.3, 0.4) is 0 Å². The predicted molar refractivity (Wildman–Crippen MR) is 96.6 cm³/mol. The summed E-state index contributed by atoms with van der Waals surface area (Å²) in [6.45, 7) is 2.70. The third-order valence-corrected chi connectivity index (χ3v) is 4.72. The minimum atomic E-state index is -0.0617. The number of ether oxygens (including phenoxy) is 2. The molecule has 4 heteroatoms. The van der Waals surface area contributed by atoms with Crippen molar-refractivity contribution >= 4 is 11.6 Å². The maximum atomic E-state index is 9.34. The van der Waals surface area contributed by atoms with Gasteiger partial charge in [0.1, 0.15) is 5.75 Å². The van der Waals surface area contributed by atoms with Gasteiger partial charge in [0, 0.05) is 10.6 Å². The highest BCUT2D eigenvalue weighted by Crippen LogP contribution is 2.36. The van der Waals surface area contributed by atoms with Crippen molar-refractivity contribution in [2.45, 2.75) is 38.4 Å². The van der Waals surface area contributed by atoms with Crippen LogP contribution in [-0.4, -0.2) is 24.4 Å². The second-order valence-corrected chi connectivity index (χ2v) is 6.46. The van der Waals surface area contributed by atoms with Crippen LogP contribution in [0.25, 0.3) is 11.1 Å². The molecule has 0 aliphatic carbocycles. The molecule has 0 aromatic heterocycles. The molecule has 2 aromatic rings. The maximum Gasteiger partial charge on any atom is 0.119 e. The third-order valence-electron chi connectivity index (χ3n) is 4.39. The normalized spacial score (nSPS) is 20.8. The van der Waals surface area contributed by atoms with Gasteiger partial charge in [0.15, 0.2) is 0 Å². The second-order valence-electron chi connectivity index (χ2n) is 6.06. The molecule has 1 saturated heterocycles. The topological polar surface area (TPSA) is 38.7 Å². The highest BCUT2D eigenvalue weighted by molar-refractivity contribution is 6.33. The first-order valence-corrected chi connectivity index (χ1v) is 8.88. The standard InChI is InChI=1S/C20H23ClO3/c1-2-23-16-9-6-14(7-10-16)18-12-15(8-11-19(18)21)20-5-3-4-17(13-22)24-20/h6-12,17,20,22H,2-5,13H2,1H3. The summed E-state index contributed by atoms with van der Waals surface area (Å²) in [5, 5.41) is 10.1. The van der Waals surface area contributed by atoms with Crippen LogP contribution >= 0.6 is 11.6 Å². The number of benzene rings is 2. The zero-order chi connectivity index (χ0) is 16.9. The van der Waals surface area contributed by atoms with E-state index in [2.05, 4.69) is 6.07 Å². The van der Waals surface area contributed by atoms with E-state index in [1.165, 1.54) is 0 Å². The molecule has 0 saturated carbocycles. The quantitative estimate of drug-likeness (QED) is 0.827. The molecule has 1 aliphatic heterocycles. The summed E-state index contributed by atoms with van der Waals surface area (Å²) in [4.78, 5) is 0. The van der Waals surface area contributed by atoms with Crippen molar-refractivity contribution < 1.29 is 14.6 Å². The molecule has 0 amide bonds. The highest BCUT2D eigenvalue weighted by atomic mass is 35.5. The Labute approximate surface area is 148 Å². The summed E-state index contributed by atoms with van der Waals surface area (Å²) in [5.74, 6) is 0.856. The second kappa shape index (κ2) is 8.02. The van der Waals surface area contributed by atoms with Crippen molar-refractivity contribution in [3.8, 4) is 16.9 Å². The molecule has 0 radical (unpaired) electrons. The summed E-state index contributed by atoms with van der Waals surface area (Å²) in [6.07, 6.45) is 2.92. The van der Waals surface area contributed by atoms with Crippen molar-refractivity contribution in [1.82, 2.24) is 0 Å². The van der Waals surface area contributed by atoms with E-state index in [0.717, 1.165) is 46.7 Å². The van der Waals surface area contributed by atoms with Crippen molar-refractivity contribution in [1.29, 1.82) is 0 Å². The molecule has 2 atom stereocenters. The Morgan fingerprint density at radius 2 is 1.96 bits per heavy atom. The Bertz CT molecular complexity index is 669. The van der Waals surface area contributed by atoms with E-state index < -0.39 is 0 Å². The van der Waals surface area contributed by atoms with E-state index in [9.17, 15) is 5.11 Å². The molecular weight excluding hydrogens is 324 g/mol. The number of halogens is 1. The van der Waals surface area contributed by atoms with Gasteiger partial charge in [-0.25, -0.2) is 0 Å². The molecule has 0 bridgehead atoms. The van der Waals surface area contributed by atoms with Gasteiger partial charge in [-0.2, -0.15) is 0 Å². The van der Waals surface area contributed by atoms with Crippen LogP contribution in [0.5, 0.6) is 5.75 Å². The Balaban J connectivity index is 1.86. The average molecular weight is 347 g/mol. The Morgan fingerprint density at radius 1 is 1.17 bits per heavy atom. The van der Waals surface area contributed by atoms with E-state index in [-0.39, 0.29) is 18.8 Å². The Hall–Kier alpha value is -1.55. The summed E-state index contributed by atoms with van der Waals surface area (Å²) in [7, 11) is 0. The van der Waals surface area contributed by atoms with Gasteiger partial charge in [-0.15, -0.1) is 0 Å². The molecule has 3 nitrogen and oxygen atoms in total. The highest BCUT2D eigenvalue weighted by Gasteiger charge is 2.23. The fourth-order valence-electron chi connectivity index (χ4n) is 3.14. The van der Waals surface area contributed by atoms with Gasteiger partial charge in [-0.3, -0.25) is 0 Å². The lowest BCUT2D eigenvalue weighted by atomic mass is 9.95. The van der Waals surface area contributed by atoms with Crippen molar-refractivity contribution in [3.63, 3.8) is 0 Å². The minimum absolute atomic E-state index is 0.0228. The third kappa shape index (κ3) is 3.92. The monoisotopic (exact) mass is 346 g/mol. The van der Waals surface area contributed by atoms with Crippen molar-refractivity contribution in [3.05, 3.63) is 53.1 Å². The molecule has 1 aliphatic rings. The fourth-order valence-corrected chi connectivity index (χ4v) is 3.37. The van der Waals surface area contributed by atoms with Crippen molar-refractivity contribution in [2.75, 3.05) is 13.2 Å². The molecule has 2 aromatic carbocycles. The summed E-state index contributed by atoms with van der Waals surface area (Å²) in [5.41, 5.74) is 3.16. The fraction of sp³-hybridized carbons (Fsp3) is 0.400. The molecule has 1 N–H and O–H groups in total. The van der Waals surface area contributed by atoms with Gasteiger partial charge in [0.25, 0.3) is 0 Å². The van der Waals surface area contributed by atoms with Gasteiger partial charge in [-0.05, 0) is 61.6 Å². The van der Waals surface area contributed by atoms with Gasteiger partial charge >= 0.3 is 0 Å². The Morgan fingerprint density at radius 3 is 2.67 bits per heavy atom. The summed E-state index contributed by atoms with van der Waals surface area (Å²) < 4.78 is 11.5. The lowest BCUT2D eigenvalue weighted by Crippen LogP contribution is -2.25. The van der Waals surface area contributed by atoms with Crippen LogP contribution in [0.2, 0.25) is 5.02 Å².